The summed E-state index contributed by atoms with van der Waals surface area (Å²) in [4.78, 5) is 14.6. The SMILES string of the molecule is C[C@@H]1Cc2cc(Br)ccc2N1C(=O)c1ccc(Cl)cc1Cl. The highest BCUT2D eigenvalue weighted by molar-refractivity contribution is 9.10. The van der Waals surface area contributed by atoms with Crippen LogP contribution in [0.25, 0.3) is 0 Å². The molecule has 2 aromatic rings. The van der Waals surface area contributed by atoms with Gasteiger partial charge in [0.2, 0.25) is 0 Å². The van der Waals surface area contributed by atoms with Crippen LogP contribution in [0.15, 0.2) is 40.9 Å². The number of halogens is 3. The van der Waals surface area contributed by atoms with Gasteiger partial charge < -0.3 is 4.90 Å². The van der Waals surface area contributed by atoms with E-state index in [1.54, 1.807) is 23.1 Å². The van der Waals surface area contributed by atoms with Gasteiger partial charge in [-0.05, 0) is 55.3 Å². The number of rotatable bonds is 1. The molecule has 0 aromatic heterocycles. The molecular weight excluding hydrogens is 373 g/mol. The van der Waals surface area contributed by atoms with Crippen LogP contribution in [-0.2, 0) is 6.42 Å². The molecule has 0 N–H and O–H groups in total. The molecule has 2 aromatic carbocycles. The predicted molar refractivity (Wildman–Crippen MR) is 90.6 cm³/mol. The number of benzene rings is 2. The molecular formula is C16H12BrCl2NO. The van der Waals surface area contributed by atoms with Gasteiger partial charge in [-0.25, -0.2) is 0 Å². The Kier molecular flexibility index (Phi) is 4.00. The third kappa shape index (κ3) is 2.70. The Balaban J connectivity index is 2.03. The second kappa shape index (κ2) is 5.64. The summed E-state index contributed by atoms with van der Waals surface area (Å²) in [5.74, 6) is -0.0924. The van der Waals surface area contributed by atoms with E-state index in [2.05, 4.69) is 22.0 Å². The lowest BCUT2D eigenvalue weighted by atomic mass is 10.1. The topological polar surface area (TPSA) is 20.3 Å². The van der Waals surface area contributed by atoms with Crippen molar-refractivity contribution in [3.63, 3.8) is 0 Å². The van der Waals surface area contributed by atoms with Crippen molar-refractivity contribution < 1.29 is 4.79 Å². The van der Waals surface area contributed by atoms with Gasteiger partial charge in [-0.1, -0.05) is 39.1 Å². The number of carbonyl (C=O) groups excluding carboxylic acids is 1. The molecule has 1 aliphatic heterocycles. The van der Waals surface area contributed by atoms with Crippen LogP contribution in [0.3, 0.4) is 0 Å². The molecule has 0 aliphatic carbocycles. The molecule has 0 saturated carbocycles. The van der Waals surface area contributed by atoms with Crippen LogP contribution in [0, 0.1) is 0 Å². The maximum absolute atomic E-state index is 12.8. The lowest BCUT2D eigenvalue weighted by Crippen LogP contribution is -2.35. The van der Waals surface area contributed by atoms with Crippen molar-refractivity contribution in [2.24, 2.45) is 0 Å². The number of fused-ring (bicyclic) bond motifs is 1. The molecule has 2 nitrogen and oxygen atoms in total. The van der Waals surface area contributed by atoms with E-state index in [9.17, 15) is 4.79 Å². The summed E-state index contributed by atoms with van der Waals surface area (Å²) in [6, 6.07) is 11.0. The van der Waals surface area contributed by atoms with E-state index in [1.165, 1.54) is 0 Å². The molecule has 1 amide bonds. The molecule has 0 fully saturated rings. The minimum absolute atomic E-state index is 0.0924. The molecule has 21 heavy (non-hydrogen) atoms. The van der Waals surface area contributed by atoms with Crippen molar-refractivity contribution in [2.45, 2.75) is 19.4 Å². The first-order valence-corrected chi connectivity index (χ1v) is 8.09. The molecule has 1 atom stereocenters. The fourth-order valence-electron chi connectivity index (χ4n) is 2.70. The van der Waals surface area contributed by atoms with Crippen molar-refractivity contribution in [3.05, 3.63) is 62.0 Å². The normalized spacial score (nSPS) is 17.0. The van der Waals surface area contributed by atoms with Gasteiger partial charge in [0.05, 0.1) is 10.6 Å². The predicted octanol–water partition coefficient (Wildman–Crippen LogP) is 5.35. The number of anilines is 1. The van der Waals surface area contributed by atoms with Crippen molar-refractivity contribution in [1.29, 1.82) is 0 Å². The zero-order valence-corrected chi connectivity index (χ0v) is 14.3. The molecule has 0 spiro atoms. The maximum Gasteiger partial charge on any atom is 0.260 e. The van der Waals surface area contributed by atoms with Gasteiger partial charge in [-0.2, -0.15) is 0 Å². The Labute approximate surface area is 141 Å². The lowest BCUT2D eigenvalue weighted by molar-refractivity contribution is 0.0981. The first kappa shape index (κ1) is 14.9. The fraction of sp³-hybridized carbons (Fsp3) is 0.188. The number of hydrogen-bond acceptors (Lipinski definition) is 1. The zero-order valence-electron chi connectivity index (χ0n) is 11.2. The molecule has 0 unspecified atom stereocenters. The fourth-order valence-corrected chi connectivity index (χ4v) is 3.60. The molecule has 1 heterocycles. The number of amides is 1. The van der Waals surface area contributed by atoms with Gasteiger partial charge in [0.1, 0.15) is 0 Å². The molecule has 5 heteroatoms. The molecule has 0 saturated heterocycles. The third-order valence-corrected chi connectivity index (χ3v) is 4.68. The van der Waals surface area contributed by atoms with Gasteiger partial charge in [-0.15, -0.1) is 0 Å². The number of carbonyl (C=O) groups is 1. The van der Waals surface area contributed by atoms with E-state index in [0.29, 0.717) is 15.6 Å². The Hall–Kier alpha value is -1.03. The summed E-state index contributed by atoms with van der Waals surface area (Å²) < 4.78 is 1.02. The van der Waals surface area contributed by atoms with Crippen LogP contribution >= 0.6 is 39.1 Å². The molecule has 0 radical (unpaired) electrons. The summed E-state index contributed by atoms with van der Waals surface area (Å²) in [5, 5.41) is 0.903. The minimum Gasteiger partial charge on any atom is -0.305 e. The highest BCUT2D eigenvalue weighted by atomic mass is 79.9. The van der Waals surface area contributed by atoms with Crippen LogP contribution in [0.2, 0.25) is 10.0 Å². The third-order valence-electron chi connectivity index (χ3n) is 3.64. The van der Waals surface area contributed by atoms with E-state index in [4.69, 9.17) is 23.2 Å². The Morgan fingerprint density at radius 3 is 2.71 bits per heavy atom. The Morgan fingerprint density at radius 1 is 1.24 bits per heavy atom. The standard InChI is InChI=1S/C16H12BrCl2NO/c1-9-6-10-7-11(17)2-5-15(10)20(9)16(21)13-4-3-12(18)8-14(13)19/h2-5,7-9H,6H2,1H3/t9-/m1/s1. The second-order valence-electron chi connectivity index (χ2n) is 5.13. The molecule has 108 valence electrons. The van der Waals surface area contributed by atoms with E-state index >= 15 is 0 Å². The Morgan fingerprint density at radius 2 is 2.00 bits per heavy atom. The average molecular weight is 385 g/mol. The van der Waals surface area contributed by atoms with Gasteiger partial charge in [0.25, 0.3) is 5.91 Å². The maximum atomic E-state index is 12.8. The van der Waals surface area contributed by atoms with Crippen molar-refractivity contribution >= 4 is 50.7 Å². The first-order chi connectivity index (χ1) is 9.97. The van der Waals surface area contributed by atoms with Crippen LogP contribution in [0.5, 0.6) is 0 Å². The van der Waals surface area contributed by atoms with E-state index in [-0.39, 0.29) is 11.9 Å². The highest BCUT2D eigenvalue weighted by Crippen LogP contribution is 2.36. The minimum atomic E-state index is -0.0924. The van der Waals surface area contributed by atoms with Gasteiger partial charge >= 0.3 is 0 Å². The molecule has 3 rings (SSSR count). The van der Waals surface area contributed by atoms with Gasteiger partial charge in [0, 0.05) is 21.2 Å². The van der Waals surface area contributed by atoms with Crippen molar-refractivity contribution in [3.8, 4) is 0 Å². The van der Waals surface area contributed by atoms with Gasteiger partial charge in [0.15, 0.2) is 0 Å². The quantitative estimate of drug-likeness (QED) is 0.649. The second-order valence-corrected chi connectivity index (χ2v) is 6.88. The number of hydrogen-bond donors (Lipinski definition) is 0. The summed E-state index contributed by atoms with van der Waals surface area (Å²) in [6.07, 6.45) is 0.839. The first-order valence-electron chi connectivity index (χ1n) is 6.54. The number of nitrogens with zero attached hydrogens (tertiary/aromatic N) is 1. The smallest absolute Gasteiger partial charge is 0.260 e. The van der Waals surface area contributed by atoms with Crippen molar-refractivity contribution in [2.75, 3.05) is 4.90 Å². The van der Waals surface area contributed by atoms with Crippen LogP contribution < -0.4 is 4.90 Å². The van der Waals surface area contributed by atoms with Gasteiger partial charge in [-0.3, -0.25) is 4.79 Å². The Bertz CT molecular complexity index is 732. The van der Waals surface area contributed by atoms with Crippen LogP contribution in [0.1, 0.15) is 22.8 Å². The van der Waals surface area contributed by atoms with Crippen LogP contribution in [0.4, 0.5) is 5.69 Å². The monoisotopic (exact) mass is 383 g/mol. The average Bonchev–Trinajstić information content (AvgIpc) is 2.73. The summed E-state index contributed by atoms with van der Waals surface area (Å²) in [5.41, 5.74) is 2.58. The highest BCUT2D eigenvalue weighted by Gasteiger charge is 2.32. The molecule has 0 bridgehead atoms. The largest absolute Gasteiger partial charge is 0.305 e. The lowest BCUT2D eigenvalue weighted by Gasteiger charge is -2.23. The van der Waals surface area contributed by atoms with E-state index < -0.39 is 0 Å². The van der Waals surface area contributed by atoms with E-state index in [0.717, 1.165) is 22.1 Å². The van der Waals surface area contributed by atoms with Crippen molar-refractivity contribution in [1.82, 2.24) is 0 Å². The van der Waals surface area contributed by atoms with E-state index in [1.807, 2.05) is 19.1 Å². The van der Waals surface area contributed by atoms with Crippen LogP contribution in [-0.4, -0.2) is 11.9 Å². The summed E-state index contributed by atoms with van der Waals surface area (Å²) in [6.45, 7) is 2.04. The summed E-state index contributed by atoms with van der Waals surface area (Å²) in [7, 11) is 0. The summed E-state index contributed by atoms with van der Waals surface area (Å²) >= 11 is 15.5. The molecule has 1 aliphatic rings. The zero-order chi connectivity index (χ0) is 15.1.